The second kappa shape index (κ2) is 9.01. The van der Waals surface area contributed by atoms with Crippen molar-refractivity contribution in [3.63, 3.8) is 0 Å². The number of nitrogens with zero attached hydrogens (tertiary/aromatic N) is 4. The maximum Gasteiger partial charge on any atom is 0.339 e. The normalized spacial score (nSPS) is 16.3. The third-order valence-corrected chi connectivity index (χ3v) is 5.18. The Hall–Kier alpha value is -2.39. The zero-order valence-electron chi connectivity index (χ0n) is 15.4. The summed E-state index contributed by atoms with van der Waals surface area (Å²) in [5.41, 5.74) is 6.22. The average Bonchev–Trinajstić information content (AvgIpc) is 3.18. The number of ether oxygens (including phenoxy) is 2. The molecule has 0 saturated carbocycles. The van der Waals surface area contributed by atoms with E-state index in [9.17, 15) is 4.79 Å². The van der Waals surface area contributed by atoms with Crippen molar-refractivity contribution in [1.82, 2.24) is 15.0 Å². The van der Waals surface area contributed by atoms with E-state index in [1.54, 1.807) is 36.8 Å². The predicted octanol–water partition coefficient (Wildman–Crippen LogP) is 2.15. The molecule has 2 heterocycles. The molecule has 1 aliphatic heterocycles. The van der Waals surface area contributed by atoms with Crippen LogP contribution in [0, 0.1) is 0 Å². The van der Waals surface area contributed by atoms with E-state index < -0.39 is 5.97 Å². The van der Waals surface area contributed by atoms with Crippen LogP contribution in [0.25, 0.3) is 0 Å². The molecule has 2 aromatic rings. The van der Waals surface area contributed by atoms with Gasteiger partial charge in [-0.2, -0.15) is 15.0 Å². The van der Waals surface area contributed by atoms with E-state index in [1.165, 1.54) is 0 Å². The molecule has 0 bridgehead atoms. The molecule has 0 amide bonds. The molecule has 1 aromatic carbocycles. The first-order valence-electron chi connectivity index (χ1n) is 8.71. The fourth-order valence-electron chi connectivity index (χ4n) is 2.62. The van der Waals surface area contributed by atoms with Crippen molar-refractivity contribution in [2.75, 3.05) is 37.1 Å². The van der Waals surface area contributed by atoms with Crippen molar-refractivity contribution < 1.29 is 14.3 Å². The Morgan fingerprint density at radius 3 is 2.89 bits per heavy atom. The minimum absolute atomic E-state index is 0.0723. The molecule has 1 fully saturated rings. The number of esters is 1. The van der Waals surface area contributed by atoms with Crippen LogP contribution in [0.4, 0.5) is 11.9 Å². The lowest BCUT2D eigenvalue weighted by molar-refractivity contribution is 0.0458. The van der Waals surface area contributed by atoms with Crippen LogP contribution in [-0.2, 0) is 16.1 Å². The van der Waals surface area contributed by atoms with Crippen molar-refractivity contribution in [1.29, 1.82) is 0 Å². The van der Waals surface area contributed by atoms with E-state index in [0.717, 1.165) is 30.1 Å². The molecular weight excluding hydrogens is 366 g/mol. The Morgan fingerprint density at radius 2 is 2.15 bits per heavy atom. The van der Waals surface area contributed by atoms with Gasteiger partial charge in [-0.05, 0) is 25.0 Å². The number of hydrogen-bond acceptors (Lipinski definition) is 9. The lowest BCUT2D eigenvalue weighted by atomic mass is 10.2. The second-order valence-corrected chi connectivity index (χ2v) is 7.38. The van der Waals surface area contributed by atoms with E-state index in [0.29, 0.717) is 17.3 Å². The first kappa shape index (κ1) is 19.4. The number of rotatable bonds is 7. The summed E-state index contributed by atoms with van der Waals surface area (Å²) in [5, 5.41) is 0. The van der Waals surface area contributed by atoms with E-state index in [-0.39, 0.29) is 18.7 Å². The van der Waals surface area contributed by atoms with E-state index in [1.807, 2.05) is 18.2 Å². The number of carbonyl (C=O) groups is 1. The third kappa shape index (κ3) is 5.30. The van der Waals surface area contributed by atoms with Crippen molar-refractivity contribution in [2.45, 2.75) is 30.4 Å². The predicted molar refractivity (Wildman–Crippen MR) is 104 cm³/mol. The molecule has 3 rings (SSSR count). The highest BCUT2D eigenvalue weighted by molar-refractivity contribution is 7.99. The smallest absolute Gasteiger partial charge is 0.339 e. The average molecular weight is 389 g/mol. The Kier molecular flexibility index (Phi) is 6.46. The van der Waals surface area contributed by atoms with Gasteiger partial charge in [-0.15, -0.1) is 11.8 Å². The van der Waals surface area contributed by atoms with Crippen molar-refractivity contribution in [3.05, 3.63) is 35.7 Å². The van der Waals surface area contributed by atoms with Crippen LogP contribution >= 0.6 is 11.8 Å². The first-order valence-corrected chi connectivity index (χ1v) is 9.70. The van der Waals surface area contributed by atoms with Gasteiger partial charge in [0.2, 0.25) is 11.9 Å². The Balaban J connectivity index is 1.64. The molecule has 1 atom stereocenters. The fraction of sp³-hybridized carbons (Fsp3) is 0.444. The van der Waals surface area contributed by atoms with Gasteiger partial charge in [0.1, 0.15) is 0 Å². The molecule has 8 nitrogen and oxygen atoms in total. The van der Waals surface area contributed by atoms with Gasteiger partial charge in [-0.1, -0.05) is 12.1 Å². The monoisotopic (exact) mass is 389 g/mol. The lowest BCUT2D eigenvalue weighted by Gasteiger charge is -2.13. The Morgan fingerprint density at radius 1 is 1.33 bits per heavy atom. The van der Waals surface area contributed by atoms with Crippen molar-refractivity contribution in [3.8, 4) is 0 Å². The number of hydrogen-bond donors (Lipinski definition) is 1. The maximum absolute atomic E-state index is 12.6. The summed E-state index contributed by atoms with van der Waals surface area (Å²) in [6.45, 7) is 0.746. The van der Waals surface area contributed by atoms with Gasteiger partial charge in [-0.25, -0.2) is 4.79 Å². The standard InChI is InChI=1S/C18H23N5O3S/c1-23(2)18-21-15(20-17(19)22-18)10-26-16(24)13-7-3-4-8-14(13)27-11-12-6-5-9-25-12/h3-4,7-8,12H,5-6,9-11H2,1-2H3,(H2,19,20,21,22)/t12-/m1/s1. The van der Waals surface area contributed by atoms with Crippen LogP contribution in [0.2, 0.25) is 0 Å². The van der Waals surface area contributed by atoms with Crippen LogP contribution in [0.1, 0.15) is 29.0 Å². The van der Waals surface area contributed by atoms with Crippen molar-refractivity contribution in [2.24, 2.45) is 0 Å². The van der Waals surface area contributed by atoms with Gasteiger partial charge in [0.15, 0.2) is 12.4 Å². The van der Waals surface area contributed by atoms with Gasteiger partial charge >= 0.3 is 5.97 Å². The summed E-state index contributed by atoms with van der Waals surface area (Å²) in [4.78, 5) is 27.4. The van der Waals surface area contributed by atoms with Gasteiger partial charge in [0.25, 0.3) is 0 Å². The molecule has 1 saturated heterocycles. The molecule has 1 aliphatic rings. The molecule has 27 heavy (non-hydrogen) atoms. The largest absolute Gasteiger partial charge is 0.454 e. The molecule has 9 heteroatoms. The number of aromatic nitrogens is 3. The van der Waals surface area contributed by atoms with Crippen LogP contribution in [0.3, 0.4) is 0 Å². The molecule has 0 spiro atoms. The van der Waals surface area contributed by atoms with Crippen molar-refractivity contribution >= 4 is 29.6 Å². The summed E-state index contributed by atoms with van der Waals surface area (Å²) in [5.74, 6) is 1.22. The lowest BCUT2D eigenvalue weighted by Crippen LogP contribution is -2.17. The quantitative estimate of drug-likeness (QED) is 0.563. The van der Waals surface area contributed by atoms with Gasteiger partial charge in [0.05, 0.1) is 11.7 Å². The number of nitrogen functional groups attached to an aromatic ring is 1. The molecule has 0 radical (unpaired) electrons. The number of carbonyl (C=O) groups excluding carboxylic acids is 1. The summed E-state index contributed by atoms with van der Waals surface area (Å²) < 4.78 is 11.1. The van der Waals surface area contributed by atoms with Gasteiger partial charge in [0, 0.05) is 31.4 Å². The molecule has 1 aromatic heterocycles. The number of anilines is 2. The van der Waals surface area contributed by atoms with Crippen LogP contribution in [0.15, 0.2) is 29.2 Å². The topological polar surface area (TPSA) is 103 Å². The Labute approximate surface area is 162 Å². The van der Waals surface area contributed by atoms with Crippen LogP contribution in [0.5, 0.6) is 0 Å². The zero-order valence-corrected chi connectivity index (χ0v) is 16.2. The maximum atomic E-state index is 12.6. The molecular formula is C18H23N5O3S. The third-order valence-electron chi connectivity index (χ3n) is 3.98. The summed E-state index contributed by atoms with van der Waals surface area (Å²) >= 11 is 1.61. The molecule has 144 valence electrons. The summed E-state index contributed by atoms with van der Waals surface area (Å²) in [6.07, 6.45) is 2.41. The summed E-state index contributed by atoms with van der Waals surface area (Å²) in [7, 11) is 3.60. The van der Waals surface area contributed by atoms with E-state index >= 15 is 0 Å². The van der Waals surface area contributed by atoms with E-state index in [4.69, 9.17) is 15.2 Å². The molecule has 2 N–H and O–H groups in total. The number of thioether (sulfide) groups is 1. The Bertz CT molecular complexity index is 796. The zero-order chi connectivity index (χ0) is 19.2. The first-order chi connectivity index (χ1) is 13.0. The highest BCUT2D eigenvalue weighted by Crippen LogP contribution is 2.27. The number of nitrogens with two attached hydrogens (primary N) is 1. The minimum Gasteiger partial charge on any atom is -0.454 e. The van der Waals surface area contributed by atoms with E-state index in [2.05, 4.69) is 15.0 Å². The van der Waals surface area contributed by atoms with Gasteiger partial charge in [-0.3, -0.25) is 0 Å². The highest BCUT2D eigenvalue weighted by Gasteiger charge is 2.19. The van der Waals surface area contributed by atoms with Crippen LogP contribution < -0.4 is 10.6 Å². The fourth-order valence-corrected chi connectivity index (χ4v) is 3.73. The molecule has 0 aliphatic carbocycles. The SMILES string of the molecule is CN(C)c1nc(N)nc(COC(=O)c2ccccc2SC[C@H]2CCCO2)n1. The summed E-state index contributed by atoms with van der Waals surface area (Å²) in [6, 6.07) is 7.40. The van der Waals surface area contributed by atoms with Crippen LogP contribution in [-0.4, -0.2) is 53.5 Å². The van der Waals surface area contributed by atoms with Gasteiger partial charge < -0.3 is 20.1 Å². The molecule has 0 unspecified atom stereocenters. The minimum atomic E-state index is -0.421. The second-order valence-electron chi connectivity index (χ2n) is 6.32. The number of benzene rings is 1. The highest BCUT2D eigenvalue weighted by atomic mass is 32.2.